The number of nitrogens with zero attached hydrogens (tertiary/aromatic N) is 3. The molecule has 0 N–H and O–H groups in total. The van der Waals surface area contributed by atoms with Crippen molar-refractivity contribution in [1.82, 2.24) is 15.0 Å². The molecule has 6 heteroatoms. The van der Waals surface area contributed by atoms with Gasteiger partial charge in [-0.2, -0.15) is 0 Å². The van der Waals surface area contributed by atoms with Crippen molar-refractivity contribution in [2.45, 2.75) is 0 Å². The molecule has 0 unspecified atom stereocenters. The second-order valence-corrected chi connectivity index (χ2v) is 11.1. The minimum Gasteiger partial charge on any atom is -0.496 e. The van der Waals surface area contributed by atoms with E-state index in [1.165, 1.54) is 0 Å². The van der Waals surface area contributed by atoms with Crippen molar-refractivity contribution in [3.8, 4) is 84.8 Å². The Morgan fingerprint density at radius 3 is 0.833 bits per heavy atom. The standard InChI is InChI=1S/C42H33N3O3/c1-46-34-25-13-22-31(28-16-7-4-8-17-28)37(34)40-43-41(38-32(23-14-26-35(38)47-2)29-18-9-5-10-19-29)45-42(44-40)39-33(24-15-27-36(39)48-3)30-20-11-6-12-21-30/h4-27H,1-3H3. The summed E-state index contributed by atoms with van der Waals surface area (Å²) in [5, 5.41) is 0. The molecule has 1 heterocycles. The van der Waals surface area contributed by atoms with Gasteiger partial charge in [0.2, 0.25) is 0 Å². The smallest absolute Gasteiger partial charge is 0.168 e. The summed E-state index contributed by atoms with van der Waals surface area (Å²) in [7, 11) is 4.99. The normalized spacial score (nSPS) is 10.8. The predicted octanol–water partition coefficient (Wildman–Crippen LogP) is 9.90. The molecule has 0 atom stereocenters. The zero-order chi connectivity index (χ0) is 32.9. The van der Waals surface area contributed by atoms with E-state index in [-0.39, 0.29) is 0 Å². The second kappa shape index (κ2) is 13.6. The first kappa shape index (κ1) is 30.4. The largest absolute Gasteiger partial charge is 0.496 e. The lowest BCUT2D eigenvalue weighted by atomic mass is 9.96. The van der Waals surface area contributed by atoms with Gasteiger partial charge in [-0.3, -0.25) is 0 Å². The van der Waals surface area contributed by atoms with Crippen molar-refractivity contribution in [1.29, 1.82) is 0 Å². The van der Waals surface area contributed by atoms with Crippen LogP contribution in [-0.2, 0) is 0 Å². The van der Waals surface area contributed by atoms with Crippen molar-refractivity contribution in [2.75, 3.05) is 21.3 Å². The minimum absolute atomic E-state index is 0.459. The molecule has 0 aliphatic carbocycles. The number of rotatable bonds is 9. The molecular formula is C42H33N3O3. The van der Waals surface area contributed by atoms with Crippen LogP contribution < -0.4 is 14.2 Å². The fourth-order valence-electron chi connectivity index (χ4n) is 6.08. The Labute approximate surface area is 280 Å². The molecule has 234 valence electrons. The zero-order valence-electron chi connectivity index (χ0n) is 26.9. The van der Waals surface area contributed by atoms with Gasteiger partial charge in [-0.25, -0.2) is 15.0 Å². The number of aromatic nitrogens is 3. The monoisotopic (exact) mass is 627 g/mol. The summed E-state index contributed by atoms with van der Waals surface area (Å²) in [4.78, 5) is 15.7. The van der Waals surface area contributed by atoms with Gasteiger partial charge in [0.05, 0.1) is 38.0 Å². The van der Waals surface area contributed by atoms with E-state index in [1.807, 2.05) is 91.0 Å². The molecule has 0 spiro atoms. The van der Waals surface area contributed by atoms with Crippen LogP contribution in [0.3, 0.4) is 0 Å². The van der Waals surface area contributed by atoms with Gasteiger partial charge >= 0.3 is 0 Å². The van der Waals surface area contributed by atoms with Crippen LogP contribution >= 0.6 is 0 Å². The first-order valence-corrected chi connectivity index (χ1v) is 15.6. The van der Waals surface area contributed by atoms with Gasteiger partial charge in [0.1, 0.15) is 17.2 Å². The average Bonchev–Trinajstić information content (AvgIpc) is 3.17. The molecule has 7 rings (SSSR count). The summed E-state index contributed by atoms with van der Waals surface area (Å²) in [6, 6.07) is 48.5. The van der Waals surface area contributed by atoms with Crippen LogP contribution in [0.1, 0.15) is 0 Å². The predicted molar refractivity (Wildman–Crippen MR) is 192 cm³/mol. The maximum atomic E-state index is 5.98. The molecule has 0 saturated heterocycles. The molecule has 0 fully saturated rings. The lowest BCUT2D eigenvalue weighted by Crippen LogP contribution is -2.05. The van der Waals surface area contributed by atoms with E-state index in [2.05, 4.69) is 54.6 Å². The quantitative estimate of drug-likeness (QED) is 0.159. The molecule has 0 amide bonds. The van der Waals surface area contributed by atoms with Crippen LogP contribution in [0.25, 0.3) is 67.5 Å². The van der Waals surface area contributed by atoms with E-state index >= 15 is 0 Å². The Hall–Kier alpha value is -6.27. The Morgan fingerprint density at radius 2 is 0.583 bits per heavy atom. The number of methoxy groups -OCH3 is 3. The first-order chi connectivity index (χ1) is 23.7. The van der Waals surface area contributed by atoms with Crippen LogP contribution in [0, 0.1) is 0 Å². The molecule has 0 radical (unpaired) electrons. The van der Waals surface area contributed by atoms with E-state index in [4.69, 9.17) is 29.2 Å². The van der Waals surface area contributed by atoms with Gasteiger partial charge in [0.25, 0.3) is 0 Å². The SMILES string of the molecule is COc1cccc(-c2ccccc2)c1-c1nc(-c2c(OC)cccc2-c2ccccc2)nc(-c2c(OC)cccc2-c2ccccc2)n1. The number of hydrogen-bond acceptors (Lipinski definition) is 6. The molecular weight excluding hydrogens is 594 g/mol. The van der Waals surface area contributed by atoms with Gasteiger partial charge in [0.15, 0.2) is 17.5 Å². The molecule has 1 aromatic heterocycles. The second-order valence-electron chi connectivity index (χ2n) is 11.1. The summed E-state index contributed by atoms with van der Waals surface area (Å²) < 4.78 is 17.9. The molecule has 6 aromatic carbocycles. The number of ether oxygens (including phenoxy) is 3. The fourth-order valence-corrected chi connectivity index (χ4v) is 6.08. The van der Waals surface area contributed by atoms with Crippen molar-refractivity contribution in [3.63, 3.8) is 0 Å². The molecule has 0 aliphatic rings. The highest BCUT2D eigenvalue weighted by Gasteiger charge is 2.25. The van der Waals surface area contributed by atoms with Crippen molar-refractivity contribution < 1.29 is 14.2 Å². The van der Waals surface area contributed by atoms with E-state index < -0.39 is 0 Å². The summed E-state index contributed by atoms with van der Waals surface area (Å²) in [6.45, 7) is 0. The topological polar surface area (TPSA) is 66.4 Å². The van der Waals surface area contributed by atoms with Crippen LogP contribution in [-0.4, -0.2) is 36.3 Å². The van der Waals surface area contributed by atoms with Crippen molar-refractivity contribution in [2.24, 2.45) is 0 Å². The zero-order valence-corrected chi connectivity index (χ0v) is 26.9. The fraction of sp³-hybridized carbons (Fsp3) is 0.0714. The van der Waals surface area contributed by atoms with E-state index in [1.54, 1.807) is 21.3 Å². The van der Waals surface area contributed by atoms with E-state index in [0.29, 0.717) is 34.7 Å². The third-order valence-corrected chi connectivity index (χ3v) is 8.30. The number of hydrogen-bond donors (Lipinski definition) is 0. The lowest BCUT2D eigenvalue weighted by molar-refractivity contribution is 0.415. The van der Waals surface area contributed by atoms with Crippen molar-refractivity contribution in [3.05, 3.63) is 146 Å². The Bertz CT molecular complexity index is 1930. The summed E-state index contributed by atoms with van der Waals surface area (Å²) in [6.07, 6.45) is 0. The minimum atomic E-state index is 0.459. The molecule has 7 aromatic rings. The van der Waals surface area contributed by atoms with Gasteiger partial charge < -0.3 is 14.2 Å². The van der Waals surface area contributed by atoms with Gasteiger partial charge in [-0.15, -0.1) is 0 Å². The van der Waals surface area contributed by atoms with Gasteiger partial charge in [-0.1, -0.05) is 127 Å². The van der Waals surface area contributed by atoms with Crippen LogP contribution in [0.2, 0.25) is 0 Å². The highest BCUT2D eigenvalue weighted by atomic mass is 16.5. The highest BCUT2D eigenvalue weighted by Crippen LogP contribution is 2.44. The molecule has 0 saturated carbocycles. The summed E-state index contributed by atoms with van der Waals surface area (Å²) in [5.41, 5.74) is 8.10. The average molecular weight is 628 g/mol. The molecule has 0 bridgehead atoms. The first-order valence-electron chi connectivity index (χ1n) is 15.6. The van der Waals surface area contributed by atoms with Gasteiger partial charge in [-0.05, 0) is 51.6 Å². The Morgan fingerprint density at radius 1 is 0.312 bits per heavy atom. The highest BCUT2D eigenvalue weighted by molar-refractivity contribution is 5.91. The molecule has 0 aliphatic heterocycles. The van der Waals surface area contributed by atoms with E-state index in [9.17, 15) is 0 Å². The van der Waals surface area contributed by atoms with Crippen molar-refractivity contribution >= 4 is 0 Å². The van der Waals surface area contributed by atoms with E-state index in [0.717, 1.165) is 50.1 Å². The third-order valence-electron chi connectivity index (χ3n) is 8.30. The maximum Gasteiger partial charge on any atom is 0.168 e. The van der Waals surface area contributed by atoms with Crippen LogP contribution in [0.4, 0.5) is 0 Å². The Kier molecular flexibility index (Phi) is 8.62. The van der Waals surface area contributed by atoms with Crippen LogP contribution in [0.15, 0.2) is 146 Å². The molecule has 6 nitrogen and oxygen atoms in total. The molecule has 48 heavy (non-hydrogen) atoms. The Balaban J connectivity index is 1.60. The maximum absolute atomic E-state index is 5.98. The lowest BCUT2D eigenvalue weighted by Gasteiger charge is -2.19. The number of benzene rings is 6. The van der Waals surface area contributed by atoms with Gasteiger partial charge in [0, 0.05) is 0 Å². The third kappa shape index (κ3) is 5.76. The van der Waals surface area contributed by atoms with Crippen LogP contribution in [0.5, 0.6) is 17.2 Å². The summed E-state index contributed by atoms with van der Waals surface area (Å²) >= 11 is 0. The summed E-state index contributed by atoms with van der Waals surface area (Å²) in [5.74, 6) is 3.31.